The van der Waals surface area contributed by atoms with Crippen LogP contribution < -0.4 is 15.0 Å². The van der Waals surface area contributed by atoms with Crippen LogP contribution in [0.25, 0.3) is 22.4 Å². The third kappa shape index (κ3) is 6.23. The standard InChI is InChI=1S/C27H37N5O2/c1-18(2)14-21(17-27(3,4)28-5)32(6)25-11-10-23(30-31-25)22-9-8-19(15-24(22)33)20-12-13-29-26(16-20)34-7/h8-13,15-16,18,21,28,33H,14,17H2,1-7H3. The van der Waals surface area contributed by atoms with Gasteiger partial charge in [-0.25, -0.2) is 4.98 Å². The van der Waals surface area contributed by atoms with Gasteiger partial charge in [-0.05, 0) is 81.1 Å². The van der Waals surface area contributed by atoms with Crippen molar-refractivity contribution in [3.8, 4) is 34.0 Å². The fourth-order valence-electron chi connectivity index (χ4n) is 4.09. The van der Waals surface area contributed by atoms with Crippen molar-refractivity contribution in [2.75, 3.05) is 26.1 Å². The zero-order valence-corrected chi connectivity index (χ0v) is 21.3. The topological polar surface area (TPSA) is 83.4 Å². The number of nitrogens with zero attached hydrogens (tertiary/aromatic N) is 4. The van der Waals surface area contributed by atoms with Gasteiger partial charge in [-0.15, -0.1) is 10.2 Å². The molecule has 0 aliphatic heterocycles. The zero-order chi connectivity index (χ0) is 24.9. The SMILES string of the molecule is CNC(C)(C)CC(CC(C)C)N(C)c1ccc(-c2ccc(-c3ccnc(OC)c3)cc2O)nn1. The lowest BCUT2D eigenvalue weighted by Gasteiger charge is -2.36. The van der Waals surface area contributed by atoms with E-state index in [0.717, 1.165) is 29.8 Å². The molecule has 0 radical (unpaired) electrons. The molecule has 2 N–H and O–H groups in total. The van der Waals surface area contributed by atoms with Gasteiger partial charge in [0.05, 0.1) is 12.8 Å². The van der Waals surface area contributed by atoms with Crippen molar-refractivity contribution < 1.29 is 9.84 Å². The average Bonchev–Trinajstić information content (AvgIpc) is 2.83. The van der Waals surface area contributed by atoms with Crippen LogP contribution in [0, 0.1) is 5.92 Å². The fraction of sp³-hybridized carbons (Fsp3) is 0.444. The molecule has 2 aromatic heterocycles. The maximum atomic E-state index is 10.7. The Morgan fingerprint density at radius 1 is 1.06 bits per heavy atom. The molecule has 1 unspecified atom stereocenters. The van der Waals surface area contributed by atoms with Crippen molar-refractivity contribution in [1.82, 2.24) is 20.5 Å². The Bertz CT molecular complexity index is 1080. The van der Waals surface area contributed by atoms with Crippen molar-refractivity contribution in [3.63, 3.8) is 0 Å². The van der Waals surface area contributed by atoms with E-state index >= 15 is 0 Å². The molecule has 34 heavy (non-hydrogen) atoms. The molecule has 1 atom stereocenters. The molecule has 0 saturated carbocycles. The van der Waals surface area contributed by atoms with Gasteiger partial charge < -0.3 is 20.1 Å². The normalized spacial score (nSPS) is 12.6. The van der Waals surface area contributed by atoms with Crippen LogP contribution in [-0.4, -0.2) is 53.1 Å². The second-order valence-corrected chi connectivity index (χ2v) is 9.83. The average molecular weight is 464 g/mol. The molecular weight excluding hydrogens is 426 g/mol. The van der Waals surface area contributed by atoms with Gasteiger partial charge in [0, 0.05) is 36.5 Å². The van der Waals surface area contributed by atoms with Gasteiger partial charge in [-0.1, -0.05) is 19.9 Å². The summed E-state index contributed by atoms with van der Waals surface area (Å²) in [6, 6.07) is 13.5. The number of methoxy groups -OCH3 is 1. The molecular formula is C27H37N5O2. The van der Waals surface area contributed by atoms with Gasteiger partial charge >= 0.3 is 0 Å². The summed E-state index contributed by atoms with van der Waals surface area (Å²) in [5.74, 6) is 2.07. The van der Waals surface area contributed by atoms with E-state index in [1.807, 2.05) is 43.4 Å². The van der Waals surface area contributed by atoms with E-state index < -0.39 is 0 Å². The molecule has 0 amide bonds. The zero-order valence-electron chi connectivity index (χ0n) is 21.3. The summed E-state index contributed by atoms with van der Waals surface area (Å²) in [5.41, 5.74) is 3.08. The Balaban J connectivity index is 1.82. The lowest BCUT2D eigenvalue weighted by molar-refractivity contribution is 0.326. The molecule has 0 fully saturated rings. The van der Waals surface area contributed by atoms with Gasteiger partial charge in [0.25, 0.3) is 0 Å². The predicted octanol–water partition coefficient (Wildman–Crippen LogP) is 5.16. The second-order valence-electron chi connectivity index (χ2n) is 9.83. The van der Waals surface area contributed by atoms with E-state index in [1.54, 1.807) is 19.4 Å². The van der Waals surface area contributed by atoms with Crippen LogP contribution in [0.4, 0.5) is 5.82 Å². The number of benzene rings is 1. The Kier molecular flexibility index (Phi) is 8.10. The monoisotopic (exact) mass is 463 g/mol. The lowest BCUT2D eigenvalue weighted by Crippen LogP contribution is -2.45. The number of ether oxygens (including phenoxy) is 1. The Morgan fingerprint density at radius 3 is 2.38 bits per heavy atom. The maximum absolute atomic E-state index is 10.7. The third-order valence-corrected chi connectivity index (χ3v) is 6.28. The van der Waals surface area contributed by atoms with E-state index in [-0.39, 0.29) is 11.3 Å². The van der Waals surface area contributed by atoms with E-state index in [4.69, 9.17) is 4.74 Å². The summed E-state index contributed by atoms with van der Waals surface area (Å²) < 4.78 is 5.20. The van der Waals surface area contributed by atoms with Crippen LogP contribution in [0.5, 0.6) is 11.6 Å². The first-order chi connectivity index (χ1) is 16.1. The van der Waals surface area contributed by atoms with Crippen LogP contribution in [0.2, 0.25) is 0 Å². The van der Waals surface area contributed by atoms with Crippen LogP contribution in [0.15, 0.2) is 48.7 Å². The number of rotatable bonds is 10. The summed E-state index contributed by atoms with van der Waals surface area (Å²) in [4.78, 5) is 6.35. The molecule has 3 rings (SSSR count). The molecule has 2 heterocycles. The molecule has 0 spiro atoms. The molecule has 0 bridgehead atoms. The van der Waals surface area contributed by atoms with Gasteiger partial charge in [-0.2, -0.15) is 0 Å². The van der Waals surface area contributed by atoms with E-state index in [0.29, 0.717) is 29.1 Å². The van der Waals surface area contributed by atoms with E-state index in [1.165, 1.54) is 0 Å². The van der Waals surface area contributed by atoms with Crippen molar-refractivity contribution >= 4 is 5.82 Å². The number of aromatic hydroxyl groups is 1. The Labute approximate surface area is 203 Å². The minimum absolute atomic E-state index is 0.0214. The Morgan fingerprint density at radius 2 is 1.79 bits per heavy atom. The van der Waals surface area contributed by atoms with Gasteiger partial charge in [0.1, 0.15) is 5.75 Å². The third-order valence-electron chi connectivity index (χ3n) is 6.28. The summed E-state index contributed by atoms with van der Waals surface area (Å²) in [7, 11) is 5.67. The minimum Gasteiger partial charge on any atom is -0.507 e. The molecule has 3 aromatic rings. The molecule has 1 aromatic carbocycles. The van der Waals surface area contributed by atoms with Crippen LogP contribution in [-0.2, 0) is 0 Å². The van der Waals surface area contributed by atoms with Crippen LogP contribution in [0.1, 0.15) is 40.5 Å². The fourth-order valence-corrected chi connectivity index (χ4v) is 4.09. The van der Waals surface area contributed by atoms with Crippen LogP contribution >= 0.6 is 0 Å². The van der Waals surface area contributed by atoms with Gasteiger partial charge in [0.15, 0.2) is 5.82 Å². The summed E-state index contributed by atoms with van der Waals surface area (Å²) in [6.07, 6.45) is 3.74. The van der Waals surface area contributed by atoms with Crippen molar-refractivity contribution in [3.05, 3.63) is 48.7 Å². The number of phenols is 1. The highest BCUT2D eigenvalue weighted by molar-refractivity contribution is 5.74. The van der Waals surface area contributed by atoms with Gasteiger partial charge in [0.2, 0.25) is 5.88 Å². The first-order valence-corrected chi connectivity index (χ1v) is 11.7. The number of pyridine rings is 1. The molecule has 0 aliphatic carbocycles. The van der Waals surface area contributed by atoms with Crippen molar-refractivity contribution in [1.29, 1.82) is 0 Å². The Hall–Kier alpha value is -3.19. The number of phenolic OH excluding ortho intramolecular Hbond substituents is 1. The molecule has 0 saturated heterocycles. The second kappa shape index (κ2) is 10.8. The highest BCUT2D eigenvalue weighted by atomic mass is 16.5. The predicted molar refractivity (Wildman–Crippen MR) is 138 cm³/mol. The number of aromatic nitrogens is 3. The summed E-state index contributed by atoms with van der Waals surface area (Å²) in [5, 5.41) is 23.1. The number of hydrogen-bond acceptors (Lipinski definition) is 7. The van der Waals surface area contributed by atoms with E-state index in [2.05, 4.69) is 60.1 Å². The first kappa shape index (κ1) is 25.4. The first-order valence-electron chi connectivity index (χ1n) is 11.7. The summed E-state index contributed by atoms with van der Waals surface area (Å²) in [6.45, 7) is 8.93. The largest absolute Gasteiger partial charge is 0.507 e. The highest BCUT2D eigenvalue weighted by Gasteiger charge is 2.26. The van der Waals surface area contributed by atoms with Crippen molar-refractivity contribution in [2.24, 2.45) is 5.92 Å². The smallest absolute Gasteiger partial charge is 0.213 e. The minimum atomic E-state index is 0.0214. The molecule has 7 heteroatoms. The molecule has 0 aliphatic rings. The lowest BCUT2D eigenvalue weighted by atomic mass is 9.89. The highest BCUT2D eigenvalue weighted by Crippen LogP contribution is 2.33. The van der Waals surface area contributed by atoms with Gasteiger partial charge in [-0.3, -0.25) is 0 Å². The summed E-state index contributed by atoms with van der Waals surface area (Å²) >= 11 is 0. The van der Waals surface area contributed by atoms with Crippen molar-refractivity contribution in [2.45, 2.75) is 52.1 Å². The molecule has 182 valence electrons. The van der Waals surface area contributed by atoms with Crippen LogP contribution in [0.3, 0.4) is 0 Å². The number of anilines is 1. The number of nitrogens with one attached hydrogen (secondary N) is 1. The number of hydrogen-bond donors (Lipinski definition) is 2. The molecule has 7 nitrogen and oxygen atoms in total. The quantitative estimate of drug-likeness (QED) is 0.430. The van der Waals surface area contributed by atoms with E-state index in [9.17, 15) is 5.11 Å². The maximum Gasteiger partial charge on any atom is 0.213 e.